The van der Waals surface area contributed by atoms with E-state index in [-0.39, 0.29) is 23.7 Å². The molecule has 3 heterocycles. The average Bonchev–Trinajstić information content (AvgIpc) is 2.83. The first-order valence-corrected chi connectivity index (χ1v) is 11.8. The largest absolute Gasteiger partial charge is 0.433 e. The van der Waals surface area contributed by atoms with Crippen molar-refractivity contribution >= 4 is 11.7 Å². The smallest absolute Gasteiger partial charge is 0.381 e. The van der Waals surface area contributed by atoms with E-state index in [1.54, 1.807) is 6.92 Å². The van der Waals surface area contributed by atoms with E-state index < -0.39 is 11.9 Å². The van der Waals surface area contributed by atoms with E-state index in [9.17, 15) is 18.0 Å². The van der Waals surface area contributed by atoms with Gasteiger partial charge in [0.2, 0.25) is 5.91 Å². The first kappa shape index (κ1) is 25.9. The van der Waals surface area contributed by atoms with Crippen LogP contribution in [0.5, 0.6) is 0 Å². The third-order valence-electron chi connectivity index (χ3n) is 6.58. The highest BCUT2D eigenvalue weighted by Gasteiger charge is 2.43. The van der Waals surface area contributed by atoms with Crippen molar-refractivity contribution in [2.75, 3.05) is 70.6 Å². The molecular formula is C23H35F3N4O3. The number of nitrogens with zero attached hydrogens (tertiary/aromatic N) is 4. The van der Waals surface area contributed by atoms with Crippen molar-refractivity contribution < 1.29 is 27.4 Å². The van der Waals surface area contributed by atoms with Gasteiger partial charge in [-0.05, 0) is 31.9 Å². The van der Waals surface area contributed by atoms with Crippen molar-refractivity contribution in [1.82, 2.24) is 14.8 Å². The van der Waals surface area contributed by atoms with Gasteiger partial charge in [-0.15, -0.1) is 0 Å². The molecular weight excluding hydrogens is 437 g/mol. The Morgan fingerprint density at radius 2 is 1.88 bits per heavy atom. The summed E-state index contributed by atoms with van der Waals surface area (Å²) in [6, 6.07) is 3.74. The SMILES string of the molecule is CCOCCN1CCN(C2(CN(C(=O)CC)c3cccc(C(F)(F)F)n3)CCOCC2)CC1. The second-order valence-electron chi connectivity index (χ2n) is 8.57. The molecule has 186 valence electrons. The number of halogens is 3. The van der Waals surface area contributed by atoms with Crippen LogP contribution in [-0.4, -0.2) is 91.9 Å². The van der Waals surface area contributed by atoms with E-state index in [0.29, 0.717) is 33.0 Å². The van der Waals surface area contributed by atoms with Crippen molar-refractivity contribution in [3.8, 4) is 0 Å². The van der Waals surface area contributed by atoms with Crippen molar-refractivity contribution in [1.29, 1.82) is 0 Å². The van der Waals surface area contributed by atoms with Crippen LogP contribution in [-0.2, 0) is 20.4 Å². The number of amides is 1. The van der Waals surface area contributed by atoms with Gasteiger partial charge in [0.1, 0.15) is 11.5 Å². The maximum absolute atomic E-state index is 13.3. The Kier molecular flexibility index (Phi) is 9.09. The molecule has 0 radical (unpaired) electrons. The van der Waals surface area contributed by atoms with Crippen LogP contribution in [0.2, 0.25) is 0 Å². The minimum absolute atomic E-state index is 0.0536. The van der Waals surface area contributed by atoms with Crippen LogP contribution in [0.3, 0.4) is 0 Å². The fourth-order valence-corrected chi connectivity index (χ4v) is 4.62. The number of carbonyl (C=O) groups is 1. The second-order valence-corrected chi connectivity index (χ2v) is 8.57. The number of hydrogen-bond acceptors (Lipinski definition) is 6. The van der Waals surface area contributed by atoms with Crippen molar-refractivity contribution in [2.24, 2.45) is 0 Å². The molecule has 2 fully saturated rings. The molecule has 33 heavy (non-hydrogen) atoms. The van der Waals surface area contributed by atoms with Gasteiger partial charge >= 0.3 is 6.18 Å². The standard InChI is InChI=1S/C23H35F3N4O3/c1-3-21(31)30(20-7-5-6-19(27-20)23(24,25)26)18-22(8-15-33-16-9-22)29-12-10-28(11-13-29)14-17-32-4-2/h5-7H,3-4,8-18H2,1-2H3. The normalized spacial score (nSPS) is 20.0. The average molecular weight is 473 g/mol. The fourth-order valence-electron chi connectivity index (χ4n) is 4.62. The molecule has 2 saturated heterocycles. The number of anilines is 1. The van der Waals surface area contributed by atoms with Crippen LogP contribution in [0.4, 0.5) is 19.0 Å². The van der Waals surface area contributed by atoms with Gasteiger partial charge in [-0.1, -0.05) is 13.0 Å². The molecule has 2 aliphatic rings. The number of aromatic nitrogens is 1. The first-order chi connectivity index (χ1) is 15.8. The quantitative estimate of drug-likeness (QED) is 0.515. The number of alkyl halides is 3. The highest BCUT2D eigenvalue weighted by atomic mass is 19.4. The third-order valence-corrected chi connectivity index (χ3v) is 6.58. The fraction of sp³-hybridized carbons (Fsp3) is 0.739. The molecule has 0 spiro atoms. The van der Waals surface area contributed by atoms with Crippen molar-refractivity contribution in [3.63, 3.8) is 0 Å². The molecule has 0 aliphatic carbocycles. The number of pyridine rings is 1. The zero-order valence-corrected chi connectivity index (χ0v) is 19.6. The van der Waals surface area contributed by atoms with E-state index in [0.717, 1.165) is 51.6 Å². The highest BCUT2D eigenvalue weighted by Crippen LogP contribution is 2.33. The number of ether oxygens (including phenoxy) is 2. The summed E-state index contributed by atoms with van der Waals surface area (Å²) in [7, 11) is 0. The highest BCUT2D eigenvalue weighted by molar-refractivity contribution is 5.92. The van der Waals surface area contributed by atoms with Crippen LogP contribution in [0.25, 0.3) is 0 Å². The minimum atomic E-state index is -4.56. The van der Waals surface area contributed by atoms with Crippen molar-refractivity contribution in [2.45, 2.75) is 44.8 Å². The Bertz CT molecular complexity index is 764. The summed E-state index contributed by atoms with van der Waals surface area (Å²) in [6.45, 7) is 10.9. The summed E-state index contributed by atoms with van der Waals surface area (Å²) in [4.78, 5) is 22.9. The van der Waals surface area contributed by atoms with Gasteiger partial charge in [-0.2, -0.15) is 13.2 Å². The van der Waals surface area contributed by atoms with Gasteiger partial charge in [0.15, 0.2) is 0 Å². The molecule has 0 saturated carbocycles. The number of hydrogen-bond donors (Lipinski definition) is 0. The summed E-state index contributed by atoms with van der Waals surface area (Å²) in [5.41, 5.74) is -1.34. The summed E-state index contributed by atoms with van der Waals surface area (Å²) < 4.78 is 50.9. The molecule has 1 amide bonds. The van der Waals surface area contributed by atoms with Crippen LogP contribution in [0.1, 0.15) is 38.8 Å². The number of rotatable bonds is 9. The lowest BCUT2D eigenvalue weighted by molar-refractivity contribution is -0.141. The Labute approximate surface area is 193 Å². The molecule has 0 N–H and O–H groups in total. The monoisotopic (exact) mass is 472 g/mol. The van der Waals surface area contributed by atoms with Gasteiger partial charge in [0, 0.05) is 71.0 Å². The summed E-state index contributed by atoms with van der Waals surface area (Å²) in [5.74, 6) is -0.180. The lowest BCUT2D eigenvalue weighted by Crippen LogP contribution is -2.63. The second kappa shape index (κ2) is 11.6. The maximum Gasteiger partial charge on any atom is 0.433 e. The minimum Gasteiger partial charge on any atom is -0.381 e. The molecule has 0 aromatic carbocycles. The van der Waals surface area contributed by atoms with Crippen LogP contribution in [0, 0.1) is 0 Å². The predicted octanol–water partition coefficient (Wildman–Crippen LogP) is 3.05. The van der Waals surface area contributed by atoms with Crippen LogP contribution in [0.15, 0.2) is 18.2 Å². The first-order valence-electron chi connectivity index (χ1n) is 11.8. The molecule has 1 aromatic rings. The summed E-state index contributed by atoms with van der Waals surface area (Å²) in [6.07, 6.45) is -2.93. The molecule has 0 atom stereocenters. The molecule has 2 aliphatic heterocycles. The van der Waals surface area contributed by atoms with Gasteiger partial charge in [-0.3, -0.25) is 19.5 Å². The molecule has 0 bridgehead atoms. The number of carbonyl (C=O) groups excluding carboxylic acids is 1. The zero-order chi connectivity index (χ0) is 23.9. The Morgan fingerprint density at radius 1 is 1.18 bits per heavy atom. The molecule has 10 heteroatoms. The predicted molar refractivity (Wildman–Crippen MR) is 119 cm³/mol. The number of piperazine rings is 1. The van der Waals surface area contributed by atoms with Crippen molar-refractivity contribution in [3.05, 3.63) is 23.9 Å². The lowest BCUT2D eigenvalue weighted by atomic mass is 9.86. The van der Waals surface area contributed by atoms with Gasteiger partial charge < -0.3 is 9.47 Å². The van der Waals surface area contributed by atoms with Gasteiger partial charge in [-0.25, -0.2) is 4.98 Å². The summed E-state index contributed by atoms with van der Waals surface area (Å²) >= 11 is 0. The molecule has 3 rings (SSSR count). The topological polar surface area (TPSA) is 58.1 Å². The van der Waals surface area contributed by atoms with Crippen LogP contribution >= 0.6 is 0 Å². The Hall–Kier alpha value is -1.75. The zero-order valence-electron chi connectivity index (χ0n) is 19.6. The van der Waals surface area contributed by atoms with Gasteiger partial charge in [0.05, 0.1) is 6.61 Å². The van der Waals surface area contributed by atoms with E-state index in [1.165, 1.54) is 17.0 Å². The Morgan fingerprint density at radius 3 is 2.48 bits per heavy atom. The van der Waals surface area contributed by atoms with E-state index in [2.05, 4.69) is 14.8 Å². The van der Waals surface area contributed by atoms with E-state index in [4.69, 9.17) is 9.47 Å². The maximum atomic E-state index is 13.3. The van der Waals surface area contributed by atoms with E-state index >= 15 is 0 Å². The van der Waals surface area contributed by atoms with Crippen LogP contribution < -0.4 is 4.90 Å². The van der Waals surface area contributed by atoms with E-state index in [1.807, 2.05) is 6.92 Å². The third kappa shape index (κ3) is 6.65. The summed E-state index contributed by atoms with van der Waals surface area (Å²) in [5, 5.41) is 0. The molecule has 7 nitrogen and oxygen atoms in total. The molecule has 0 unspecified atom stereocenters. The Balaban J connectivity index is 1.80. The lowest BCUT2D eigenvalue weighted by Gasteiger charge is -2.51. The van der Waals surface area contributed by atoms with Gasteiger partial charge in [0.25, 0.3) is 0 Å². The molecule has 1 aromatic heterocycles.